The highest BCUT2D eigenvalue weighted by atomic mass is 19.1. The van der Waals surface area contributed by atoms with Crippen molar-refractivity contribution in [1.82, 2.24) is 9.78 Å². The molecule has 7 heteroatoms. The zero-order valence-electron chi connectivity index (χ0n) is 13.7. The molecule has 0 bridgehead atoms. The minimum absolute atomic E-state index is 0.176. The summed E-state index contributed by atoms with van der Waals surface area (Å²) in [4.78, 5) is 14.3. The van der Waals surface area contributed by atoms with Crippen molar-refractivity contribution in [3.8, 4) is 5.75 Å². The van der Waals surface area contributed by atoms with E-state index in [4.69, 9.17) is 4.74 Å². The van der Waals surface area contributed by atoms with Gasteiger partial charge in [0.2, 0.25) is 0 Å². The molecule has 1 amide bonds. The van der Waals surface area contributed by atoms with Gasteiger partial charge >= 0.3 is 0 Å². The van der Waals surface area contributed by atoms with E-state index in [9.17, 15) is 13.6 Å². The van der Waals surface area contributed by atoms with Gasteiger partial charge in [0.15, 0.2) is 0 Å². The molecule has 0 aliphatic carbocycles. The number of aromatic nitrogens is 2. The van der Waals surface area contributed by atoms with Gasteiger partial charge in [0.1, 0.15) is 35.4 Å². The first-order chi connectivity index (χ1) is 12.6. The molecule has 0 saturated heterocycles. The summed E-state index contributed by atoms with van der Waals surface area (Å²) in [5.41, 5.74) is 1.71. The maximum Gasteiger partial charge on any atom is 0.276 e. The lowest BCUT2D eigenvalue weighted by atomic mass is 10.2. The van der Waals surface area contributed by atoms with E-state index in [-0.39, 0.29) is 24.1 Å². The number of nitrogens with zero attached hydrogens (tertiary/aromatic N) is 3. The molecule has 0 atom stereocenters. The van der Waals surface area contributed by atoms with Crippen LogP contribution in [0.15, 0.2) is 54.6 Å². The van der Waals surface area contributed by atoms with Gasteiger partial charge in [-0.2, -0.15) is 5.10 Å². The van der Waals surface area contributed by atoms with Crippen LogP contribution in [0.5, 0.6) is 5.75 Å². The third-order valence-electron chi connectivity index (χ3n) is 4.17. The number of hydrogen-bond acceptors (Lipinski definition) is 3. The first kappa shape index (κ1) is 16.3. The summed E-state index contributed by atoms with van der Waals surface area (Å²) in [6, 6.07) is 13.2. The summed E-state index contributed by atoms with van der Waals surface area (Å²) in [5.74, 6) is -0.343. The van der Waals surface area contributed by atoms with Gasteiger partial charge in [0.25, 0.3) is 5.91 Å². The fraction of sp³-hybridized carbons (Fsp3) is 0.158. The second kappa shape index (κ2) is 6.59. The Bertz CT molecular complexity index is 936. The molecule has 0 fully saturated rings. The number of ether oxygens (including phenoxy) is 1. The van der Waals surface area contributed by atoms with Gasteiger partial charge < -0.3 is 9.64 Å². The van der Waals surface area contributed by atoms with Crippen molar-refractivity contribution in [2.75, 3.05) is 11.4 Å². The Morgan fingerprint density at radius 3 is 2.31 bits per heavy atom. The second-order valence-electron chi connectivity index (χ2n) is 5.92. The fourth-order valence-corrected chi connectivity index (χ4v) is 2.87. The number of rotatable bonds is 4. The third-order valence-corrected chi connectivity index (χ3v) is 4.17. The predicted molar refractivity (Wildman–Crippen MR) is 91.0 cm³/mol. The molecule has 132 valence electrons. The minimum Gasteiger partial charge on any atom is -0.487 e. The summed E-state index contributed by atoms with van der Waals surface area (Å²) in [6.45, 7) is 1.17. The Balaban J connectivity index is 1.49. The molecule has 2 heterocycles. The maximum atomic E-state index is 13.1. The first-order valence-electron chi connectivity index (χ1n) is 8.13. The van der Waals surface area contributed by atoms with Gasteiger partial charge in [0, 0.05) is 12.2 Å². The lowest BCUT2D eigenvalue weighted by Crippen LogP contribution is -2.40. The van der Waals surface area contributed by atoms with Crippen LogP contribution >= 0.6 is 0 Å². The largest absolute Gasteiger partial charge is 0.487 e. The van der Waals surface area contributed by atoms with Crippen molar-refractivity contribution in [3.05, 3.63) is 77.6 Å². The molecule has 0 unspecified atom stereocenters. The lowest BCUT2D eigenvalue weighted by Gasteiger charge is -2.27. The molecule has 1 aliphatic rings. The highest BCUT2D eigenvalue weighted by Gasteiger charge is 2.27. The Morgan fingerprint density at radius 2 is 1.62 bits per heavy atom. The monoisotopic (exact) mass is 355 g/mol. The van der Waals surface area contributed by atoms with E-state index in [2.05, 4.69) is 5.10 Å². The van der Waals surface area contributed by atoms with Gasteiger partial charge in [-0.25, -0.2) is 8.78 Å². The van der Waals surface area contributed by atoms with E-state index < -0.39 is 0 Å². The fourth-order valence-electron chi connectivity index (χ4n) is 2.87. The molecule has 5 nitrogen and oxygen atoms in total. The van der Waals surface area contributed by atoms with E-state index in [0.717, 1.165) is 0 Å². The standard InChI is InChI=1S/C19H15F2N3O2/c20-13-1-5-16(6-2-13)23-9-10-24-18(19(23)25)11-15(22-24)12-26-17-7-3-14(21)4-8-17/h1-8,11H,9-10,12H2. The number of carbonyl (C=O) groups excluding carboxylic acids is 1. The number of carbonyl (C=O) groups is 1. The van der Waals surface area contributed by atoms with Crippen LogP contribution in [0.4, 0.5) is 14.5 Å². The summed E-state index contributed by atoms with van der Waals surface area (Å²) in [6.07, 6.45) is 0. The van der Waals surface area contributed by atoms with E-state index in [1.165, 1.54) is 36.4 Å². The highest BCUT2D eigenvalue weighted by Crippen LogP contribution is 2.22. The molecular formula is C19H15F2N3O2. The van der Waals surface area contributed by atoms with Gasteiger partial charge in [-0.05, 0) is 54.6 Å². The molecule has 2 aromatic carbocycles. The average molecular weight is 355 g/mol. The zero-order valence-corrected chi connectivity index (χ0v) is 13.7. The second-order valence-corrected chi connectivity index (χ2v) is 5.92. The predicted octanol–water partition coefficient (Wildman–Crippen LogP) is 3.40. The average Bonchev–Trinajstić information content (AvgIpc) is 3.07. The molecule has 26 heavy (non-hydrogen) atoms. The number of fused-ring (bicyclic) bond motifs is 1. The number of anilines is 1. The van der Waals surface area contributed by atoms with Gasteiger partial charge in [-0.15, -0.1) is 0 Å². The number of benzene rings is 2. The van der Waals surface area contributed by atoms with E-state index in [0.29, 0.717) is 35.9 Å². The molecule has 0 spiro atoms. The number of amides is 1. The molecule has 0 N–H and O–H groups in total. The lowest BCUT2D eigenvalue weighted by molar-refractivity contribution is 0.0962. The Hall–Kier alpha value is -3.22. The highest BCUT2D eigenvalue weighted by molar-refractivity contribution is 6.05. The van der Waals surface area contributed by atoms with Crippen LogP contribution < -0.4 is 9.64 Å². The molecule has 1 aliphatic heterocycles. The van der Waals surface area contributed by atoms with Crippen LogP contribution in [0.25, 0.3) is 0 Å². The van der Waals surface area contributed by atoms with Crippen molar-refractivity contribution >= 4 is 11.6 Å². The van der Waals surface area contributed by atoms with Crippen LogP contribution in [0.3, 0.4) is 0 Å². The summed E-state index contributed by atoms with van der Waals surface area (Å²) >= 11 is 0. The smallest absolute Gasteiger partial charge is 0.276 e. The van der Waals surface area contributed by atoms with Crippen molar-refractivity contribution in [1.29, 1.82) is 0 Å². The van der Waals surface area contributed by atoms with Gasteiger partial charge in [-0.1, -0.05) is 0 Å². The van der Waals surface area contributed by atoms with Crippen LogP contribution in [-0.4, -0.2) is 22.2 Å². The molecule has 3 aromatic rings. The van der Waals surface area contributed by atoms with Crippen LogP contribution in [-0.2, 0) is 13.2 Å². The summed E-state index contributed by atoms with van der Waals surface area (Å²) in [5, 5.41) is 4.39. The molecule has 4 rings (SSSR count). The first-order valence-corrected chi connectivity index (χ1v) is 8.13. The van der Waals surface area contributed by atoms with Gasteiger partial charge in [0.05, 0.1) is 6.54 Å². The SMILES string of the molecule is O=C1c2cc(COc3ccc(F)cc3)nn2CCN1c1ccc(F)cc1. The topological polar surface area (TPSA) is 47.4 Å². The minimum atomic E-state index is -0.344. The molecular weight excluding hydrogens is 340 g/mol. The van der Waals surface area contributed by atoms with Crippen molar-refractivity contribution in [3.63, 3.8) is 0 Å². The molecule has 0 radical (unpaired) electrons. The Labute approximate surface area is 148 Å². The summed E-state index contributed by atoms with van der Waals surface area (Å²) in [7, 11) is 0. The van der Waals surface area contributed by atoms with E-state index in [1.807, 2.05) is 0 Å². The van der Waals surface area contributed by atoms with Crippen LogP contribution in [0.1, 0.15) is 16.2 Å². The number of halogens is 2. The molecule has 0 saturated carbocycles. The van der Waals surface area contributed by atoms with Crippen molar-refractivity contribution in [2.45, 2.75) is 13.2 Å². The normalized spacial score (nSPS) is 13.6. The van der Waals surface area contributed by atoms with Crippen molar-refractivity contribution < 1.29 is 18.3 Å². The Morgan fingerprint density at radius 1 is 0.962 bits per heavy atom. The van der Waals surface area contributed by atoms with E-state index in [1.54, 1.807) is 27.8 Å². The quantitative estimate of drug-likeness (QED) is 0.721. The van der Waals surface area contributed by atoms with E-state index >= 15 is 0 Å². The maximum absolute atomic E-state index is 13.1. The van der Waals surface area contributed by atoms with Crippen LogP contribution in [0.2, 0.25) is 0 Å². The third kappa shape index (κ3) is 3.15. The van der Waals surface area contributed by atoms with Crippen LogP contribution in [0, 0.1) is 11.6 Å². The number of hydrogen-bond donors (Lipinski definition) is 0. The Kier molecular flexibility index (Phi) is 4.12. The molecule has 1 aromatic heterocycles. The summed E-state index contributed by atoms with van der Waals surface area (Å²) < 4.78 is 33.2. The van der Waals surface area contributed by atoms with Gasteiger partial charge in [-0.3, -0.25) is 9.48 Å². The van der Waals surface area contributed by atoms with Crippen molar-refractivity contribution in [2.24, 2.45) is 0 Å². The zero-order chi connectivity index (χ0) is 18.1.